The van der Waals surface area contributed by atoms with E-state index >= 15 is 0 Å². The normalized spacial score (nSPS) is 12.4. The van der Waals surface area contributed by atoms with Crippen molar-refractivity contribution >= 4 is 17.7 Å². The number of hydrogen-bond donors (Lipinski definition) is 1. The molecule has 1 atom stereocenters. The van der Waals surface area contributed by atoms with Crippen LogP contribution in [-0.2, 0) is 21.8 Å². The molecule has 0 saturated carbocycles. The first kappa shape index (κ1) is 14.0. The van der Waals surface area contributed by atoms with Crippen LogP contribution < -0.4 is 5.73 Å². The van der Waals surface area contributed by atoms with E-state index in [4.69, 9.17) is 10.5 Å². The monoisotopic (exact) mass is 258 g/mol. The fourth-order valence-corrected chi connectivity index (χ4v) is 2.17. The Morgan fingerprint density at radius 3 is 3.06 bits per heavy atom. The van der Waals surface area contributed by atoms with E-state index in [-0.39, 0.29) is 5.97 Å². The Labute approximate surface area is 105 Å². The summed E-state index contributed by atoms with van der Waals surface area (Å²) in [6, 6.07) is -0.571. The summed E-state index contributed by atoms with van der Waals surface area (Å²) in [6.07, 6.45) is 1.53. The van der Waals surface area contributed by atoms with Crippen molar-refractivity contribution in [2.45, 2.75) is 32.2 Å². The minimum absolute atomic E-state index is 0.350. The molecule has 0 aliphatic rings. The number of carbonyl (C=O) groups excluding carboxylic acids is 1. The summed E-state index contributed by atoms with van der Waals surface area (Å²) in [5, 5.41) is 4.07. The molecule has 1 heterocycles. The second kappa shape index (κ2) is 7.29. The van der Waals surface area contributed by atoms with Crippen LogP contribution in [0.15, 0.2) is 6.33 Å². The molecule has 96 valence electrons. The highest BCUT2D eigenvalue weighted by molar-refractivity contribution is 7.98. The van der Waals surface area contributed by atoms with Crippen molar-refractivity contribution in [1.29, 1.82) is 0 Å². The highest BCUT2D eigenvalue weighted by Crippen LogP contribution is 2.10. The van der Waals surface area contributed by atoms with Crippen molar-refractivity contribution in [3.8, 4) is 0 Å². The molecule has 0 amide bonds. The van der Waals surface area contributed by atoms with Crippen molar-refractivity contribution < 1.29 is 9.53 Å². The molecule has 1 aromatic rings. The van der Waals surface area contributed by atoms with E-state index in [1.54, 1.807) is 18.7 Å². The van der Waals surface area contributed by atoms with Gasteiger partial charge in [0.1, 0.15) is 18.2 Å². The average molecular weight is 258 g/mol. The largest absolute Gasteiger partial charge is 0.465 e. The fourth-order valence-electron chi connectivity index (χ4n) is 1.26. The summed E-state index contributed by atoms with van der Waals surface area (Å²) < 4.78 is 6.65. The van der Waals surface area contributed by atoms with Crippen LogP contribution in [0.5, 0.6) is 0 Å². The van der Waals surface area contributed by atoms with E-state index in [0.717, 1.165) is 12.4 Å². The number of thioether (sulfide) groups is 1. The van der Waals surface area contributed by atoms with Gasteiger partial charge in [0.15, 0.2) is 0 Å². The summed E-state index contributed by atoms with van der Waals surface area (Å²) in [7, 11) is 0. The second-order valence-corrected chi connectivity index (χ2v) is 4.40. The minimum Gasteiger partial charge on any atom is -0.465 e. The van der Waals surface area contributed by atoms with E-state index in [1.807, 2.05) is 11.6 Å². The molecule has 0 aliphatic carbocycles. The molecule has 1 rings (SSSR count). The Bertz CT molecular complexity index is 356. The van der Waals surface area contributed by atoms with Gasteiger partial charge in [-0.25, -0.2) is 9.67 Å². The first-order valence-electron chi connectivity index (χ1n) is 5.55. The van der Waals surface area contributed by atoms with Gasteiger partial charge in [0, 0.05) is 12.3 Å². The van der Waals surface area contributed by atoms with Gasteiger partial charge >= 0.3 is 5.97 Å². The molecule has 0 fully saturated rings. The highest BCUT2D eigenvalue weighted by atomic mass is 32.2. The molecule has 0 aliphatic heterocycles. The molecule has 0 aromatic carbocycles. The van der Waals surface area contributed by atoms with Gasteiger partial charge in [0.2, 0.25) is 0 Å². The predicted molar refractivity (Wildman–Crippen MR) is 66.5 cm³/mol. The quantitative estimate of drug-likeness (QED) is 0.714. The Hall–Kier alpha value is -1.08. The van der Waals surface area contributed by atoms with Crippen molar-refractivity contribution in [3.05, 3.63) is 12.2 Å². The van der Waals surface area contributed by atoms with E-state index in [2.05, 4.69) is 10.1 Å². The number of esters is 1. The Balaban J connectivity index is 2.30. The van der Waals surface area contributed by atoms with Gasteiger partial charge in [-0.2, -0.15) is 16.9 Å². The number of aryl methyl sites for hydroxylation is 1. The summed E-state index contributed by atoms with van der Waals surface area (Å²) >= 11 is 1.55. The number of rotatable bonds is 7. The maximum atomic E-state index is 11.3. The van der Waals surface area contributed by atoms with Gasteiger partial charge in [-0.3, -0.25) is 4.79 Å². The maximum absolute atomic E-state index is 11.3. The van der Waals surface area contributed by atoms with E-state index in [9.17, 15) is 4.79 Å². The van der Waals surface area contributed by atoms with Crippen molar-refractivity contribution in [2.24, 2.45) is 5.73 Å². The molecular formula is C10H18N4O2S. The predicted octanol–water partition coefficient (Wildman–Crippen LogP) is 0.422. The Morgan fingerprint density at radius 1 is 1.65 bits per heavy atom. The number of nitrogens with zero attached hydrogens (tertiary/aromatic N) is 3. The third-order valence-electron chi connectivity index (χ3n) is 2.11. The zero-order valence-electron chi connectivity index (χ0n) is 10.1. The van der Waals surface area contributed by atoms with E-state index in [0.29, 0.717) is 18.1 Å². The minimum atomic E-state index is -0.571. The summed E-state index contributed by atoms with van der Waals surface area (Å²) in [6.45, 7) is 4.93. The molecule has 1 aromatic heterocycles. The molecule has 6 nitrogen and oxygen atoms in total. The zero-order valence-corrected chi connectivity index (χ0v) is 10.9. The first-order valence-corrected chi connectivity index (χ1v) is 6.71. The lowest BCUT2D eigenvalue weighted by Crippen LogP contribution is -2.34. The van der Waals surface area contributed by atoms with Gasteiger partial charge in [0.05, 0.1) is 12.4 Å². The molecule has 2 N–H and O–H groups in total. The lowest BCUT2D eigenvalue weighted by molar-refractivity contribution is -0.144. The van der Waals surface area contributed by atoms with Crippen LogP contribution in [-0.4, -0.2) is 39.1 Å². The number of hydrogen-bond acceptors (Lipinski definition) is 6. The topological polar surface area (TPSA) is 83.0 Å². The molecule has 7 heteroatoms. The Morgan fingerprint density at radius 2 is 2.41 bits per heavy atom. The van der Waals surface area contributed by atoms with E-state index in [1.165, 1.54) is 6.33 Å². The number of aromatic nitrogens is 3. The lowest BCUT2D eigenvalue weighted by atomic mass is 10.4. The Kier molecular flexibility index (Phi) is 5.99. The smallest absolute Gasteiger partial charge is 0.323 e. The van der Waals surface area contributed by atoms with Crippen LogP contribution in [0.2, 0.25) is 0 Å². The molecule has 0 radical (unpaired) electrons. The van der Waals surface area contributed by atoms with Gasteiger partial charge in [-0.1, -0.05) is 0 Å². The van der Waals surface area contributed by atoms with Crippen molar-refractivity contribution in [1.82, 2.24) is 14.8 Å². The van der Waals surface area contributed by atoms with Crippen LogP contribution in [0.1, 0.15) is 19.7 Å². The van der Waals surface area contributed by atoms with Gasteiger partial charge in [0.25, 0.3) is 0 Å². The maximum Gasteiger partial charge on any atom is 0.323 e. The lowest BCUT2D eigenvalue weighted by Gasteiger charge is -2.09. The number of ether oxygens (including phenoxy) is 1. The van der Waals surface area contributed by atoms with Gasteiger partial charge in [-0.05, 0) is 13.8 Å². The third kappa shape index (κ3) is 4.35. The third-order valence-corrected chi connectivity index (χ3v) is 3.17. The van der Waals surface area contributed by atoms with Crippen molar-refractivity contribution in [2.75, 3.05) is 12.4 Å². The number of nitrogens with two attached hydrogens (primary N) is 1. The molecule has 0 saturated heterocycles. The van der Waals surface area contributed by atoms with Gasteiger partial charge in [-0.15, -0.1) is 0 Å². The second-order valence-electron chi connectivity index (χ2n) is 3.37. The summed E-state index contributed by atoms with van der Waals surface area (Å²) in [5.74, 6) is 1.77. The van der Waals surface area contributed by atoms with Gasteiger partial charge < -0.3 is 10.5 Å². The number of carbonyl (C=O) groups is 1. The summed E-state index contributed by atoms with van der Waals surface area (Å²) in [4.78, 5) is 15.4. The SMILES string of the molecule is CCOC(=O)C(N)CSCc1ncnn1CC. The van der Waals surface area contributed by atoms with Crippen LogP contribution in [0.4, 0.5) is 0 Å². The molecular weight excluding hydrogens is 240 g/mol. The fraction of sp³-hybridized carbons (Fsp3) is 0.700. The van der Waals surface area contributed by atoms with Crippen LogP contribution in [0.3, 0.4) is 0 Å². The van der Waals surface area contributed by atoms with Crippen LogP contribution >= 0.6 is 11.8 Å². The van der Waals surface area contributed by atoms with E-state index < -0.39 is 6.04 Å². The van der Waals surface area contributed by atoms with Crippen molar-refractivity contribution in [3.63, 3.8) is 0 Å². The molecule has 1 unspecified atom stereocenters. The molecule has 0 bridgehead atoms. The molecule has 0 spiro atoms. The first-order chi connectivity index (χ1) is 8.19. The average Bonchev–Trinajstić information content (AvgIpc) is 2.76. The zero-order chi connectivity index (χ0) is 12.7. The van der Waals surface area contributed by atoms with Crippen LogP contribution in [0.25, 0.3) is 0 Å². The molecule has 17 heavy (non-hydrogen) atoms. The van der Waals surface area contributed by atoms with Crippen LogP contribution in [0, 0.1) is 0 Å². The standard InChI is InChI=1S/C10H18N4O2S/c1-3-14-9(12-7-13-14)6-17-5-8(11)10(15)16-4-2/h7-8H,3-6,11H2,1-2H3. The summed E-state index contributed by atoms with van der Waals surface area (Å²) in [5.41, 5.74) is 5.68. The highest BCUT2D eigenvalue weighted by Gasteiger charge is 2.14.